The number of hydrogen-bond acceptors (Lipinski definition) is 8. The molecule has 0 aliphatic rings. The molecule has 3 rings (SSSR count). The molecule has 0 atom stereocenters. The van der Waals surface area contributed by atoms with Gasteiger partial charge in [0, 0.05) is 22.6 Å². The topological polar surface area (TPSA) is 132 Å². The fraction of sp³-hybridized carbons (Fsp3) is 0.250. The fourth-order valence-corrected chi connectivity index (χ4v) is 4.67. The number of nitro benzene ring substituents is 1. The Hall–Kier alpha value is -4.49. The van der Waals surface area contributed by atoms with Gasteiger partial charge < -0.3 is 14.8 Å². The van der Waals surface area contributed by atoms with Crippen LogP contribution in [0.2, 0.25) is 0 Å². The number of nitro groups is 1. The van der Waals surface area contributed by atoms with E-state index in [9.17, 15) is 25.0 Å². The molecular formula is C28H27N3O6S. The number of benzene rings is 2. The van der Waals surface area contributed by atoms with Crippen LogP contribution in [0.15, 0.2) is 54.1 Å². The van der Waals surface area contributed by atoms with Gasteiger partial charge in [0.2, 0.25) is 0 Å². The minimum absolute atomic E-state index is 0.0859. The first-order valence-corrected chi connectivity index (χ1v) is 12.8. The Labute approximate surface area is 224 Å². The summed E-state index contributed by atoms with van der Waals surface area (Å²) in [5.74, 6) is -0.634. The largest absolute Gasteiger partial charge is 0.494 e. The van der Waals surface area contributed by atoms with E-state index in [2.05, 4.69) is 12.2 Å². The molecule has 1 heterocycles. The Bertz CT molecular complexity index is 1390. The Morgan fingerprint density at radius 3 is 2.39 bits per heavy atom. The van der Waals surface area contributed by atoms with Crippen molar-refractivity contribution < 1.29 is 24.0 Å². The third-order valence-electron chi connectivity index (χ3n) is 5.48. The van der Waals surface area contributed by atoms with Crippen LogP contribution in [0.25, 0.3) is 17.2 Å². The lowest BCUT2D eigenvalue weighted by Gasteiger charge is -2.09. The number of nitrogens with zero attached hydrogens (tertiary/aromatic N) is 2. The van der Waals surface area contributed by atoms with E-state index >= 15 is 0 Å². The van der Waals surface area contributed by atoms with E-state index in [1.807, 2.05) is 6.07 Å². The summed E-state index contributed by atoms with van der Waals surface area (Å²) in [4.78, 5) is 37.2. The van der Waals surface area contributed by atoms with Crippen LogP contribution < -0.4 is 10.1 Å². The highest BCUT2D eigenvalue weighted by molar-refractivity contribution is 7.17. The van der Waals surface area contributed by atoms with Gasteiger partial charge in [-0.1, -0.05) is 25.5 Å². The number of rotatable bonds is 11. The lowest BCUT2D eigenvalue weighted by atomic mass is 10.0. The van der Waals surface area contributed by atoms with Crippen molar-refractivity contribution in [1.29, 1.82) is 5.26 Å². The Balaban J connectivity index is 1.91. The second-order valence-corrected chi connectivity index (χ2v) is 9.38. The number of anilines is 1. The van der Waals surface area contributed by atoms with Crippen LogP contribution in [0.1, 0.15) is 47.5 Å². The molecule has 9 nitrogen and oxygen atoms in total. The standard InChI is InChI=1S/C28H27N3O6S/c1-4-6-15-37-23-13-7-19(8-14-23)16-21(17-29)26(32)30-27-25(28(33)36-5-2)24(18(3)38-27)20-9-11-22(12-10-20)31(34)35/h7-14,16H,4-6,15H2,1-3H3,(H,30,32)/b21-16+. The normalized spacial score (nSPS) is 10.9. The molecule has 0 radical (unpaired) electrons. The minimum Gasteiger partial charge on any atom is -0.494 e. The number of aryl methyl sites for hydroxylation is 1. The molecule has 3 aromatic rings. The number of unbranched alkanes of at least 4 members (excludes halogenated alkanes) is 1. The molecule has 10 heteroatoms. The van der Waals surface area contributed by atoms with Gasteiger partial charge in [0.1, 0.15) is 28.0 Å². The highest BCUT2D eigenvalue weighted by Crippen LogP contribution is 2.41. The van der Waals surface area contributed by atoms with Crippen molar-refractivity contribution in [3.63, 3.8) is 0 Å². The molecule has 0 spiro atoms. The van der Waals surface area contributed by atoms with Crippen molar-refractivity contribution >= 4 is 40.0 Å². The van der Waals surface area contributed by atoms with Crippen LogP contribution in [0.5, 0.6) is 5.75 Å². The highest BCUT2D eigenvalue weighted by atomic mass is 32.1. The predicted molar refractivity (Wildman–Crippen MR) is 146 cm³/mol. The Kier molecular flexibility index (Phi) is 9.73. The Morgan fingerprint density at radius 2 is 1.82 bits per heavy atom. The molecule has 0 saturated heterocycles. The van der Waals surface area contributed by atoms with Gasteiger partial charge >= 0.3 is 5.97 Å². The lowest BCUT2D eigenvalue weighted by Crippen LogP contribution is -2.16. The molecule has 2 aromatic carbocycles. The summed E-state index contributed by atoms with van der Waals surface area (Å²) in [5, 5.41) is 23.6. The summed E-state index contributed by atoms with van der Waals surface area (Å²) in [6.07, 6.45) is 3.42. The quantitative estimate of drug-likeness (QED) is 0.0740. The number of non-ortho nitro benzene ring substituents is 1. The average molecular weight is 534 g/mol. The molecule has 0 aliphatic carbocycles. The van der Waals surface area contributed by atoms with E-state index in [0.29, 0.717) is 33.9 Å². The van der Waals surface area contributed by atoms with Crippen molar-refractivity contribution in [3.8, 4) is 22.9 Å². The van der Waals surface area contributed by atoms with Crippen LogP contribution in [0.3, 0.4) is 0 Å². The molecule has 1 aromatic heterocycles. The van der Waals surface area contributed by atoms with Gasteiger partial charge in [0.05, 0.1) is 18.1 Å². The number of carbonyl (C=O) groups is 2. The molecule has 1 amide bonds. The monoisotopic (exact) mass is 533 g/mol. The number of amides is 1. The van der Waals surface area contributed by atoms with Gasteiger partial charge in [-0.05, 0) is 61.7 Å². The first kappa shape index (κ1) is 28.1. The van der Waals surface area contributed by atoms with E-state index in [0.717, 1.165) is 24.2 Å². The third-order valence-corrected chi connectivity index (χ3v) is 6.50. The van der Waals surface area contributed by atoms with Crippen LogP contribution in [0, 0.1) is 28.4 Å². The SMILES string of the molecule is CCCCOc1ccc(/C=C(\C#N)C(=O)Nc2sc(C)c(-c3ccc([N+](=O)[O-])cc3)c2C(=O)OCC)cc1. The van der Waals surface area contributed by atoms with Crippen molar-refractivity contribution in [2.24, 2.45) is 0 Å². The summed E-state index contributed by atoms with van der Waals surface area (Å²) < 4.78 is 10.9. The molecular weight excluding hydrogens is 506 g/mol. The highest BCUT2D eigenvalue weighted by Gasteiger charge is 2.26. The van der Waals surface area contributed by atoms with Crippen LogP contribution >= 0.6 is 11.3 Å². The zero-order valence-electron chi connectivity index (χ0n) is 21.3. The van der Waals surface area contributed by atoms with E-state index in [4.69, 9.17) is 9.47 Å². The predicted octanol–water partition coefficient (Wildman–Crippen LogP) is 6.53. The van der Waals surface area contributed by atoms with Crippen molar-refractivity contribution in [3.05, 3.63) is 80.2 Å². The van der Waals surface area contributed by atoms with Crippen LogP contribution in [-0.2, 0) is 9.53 Å². The summed E-state index contributed by atoms with van der Waals surface area (Å²) in [5.41, 5.74) is 1.59. The molecule has 0 saturated carbocycles. The van der Waals surface area contributed by atoms with Crippen molar-refractivity contribution in [2.75, 3.05) is 18.5 Å². The summed E-state index contributed by atoms with van der Waals surface area (Å²) in [7, 11) is 0. The van der Waals surface area contributed by atoms with E-state index in [1.54, 1.807) is 38.1 Å². The molecule has 0 bridgehead atoms. The van der Waals surface area contributed by atoms with Crippen molar-refractivity contribution in [2.45, 2.75) is 33.6 Å². The number of ether oxygens (including phenoxy) is 2. The van der Waals surface area contributed by atoms with E-state index in [1.165, 1.54) is 30.3 Å². The molecule has 0 fully saturated rings. The number of nitrogens with one attached hydrogen (secondary N) is 1. The first-order chi connectivity index (χ1) is 18.3. The molecule has 38 heavy (non-hydrogen) atoms. The molecule has 1 N–H and O–H groups in total. The minimum atomic E-state index is -0.683. The number of hydrogen-bond donors (Lipinski definition) is 1. The zero-order valence-corrected chi connectivity index (χ0v) is 22.1. The third kappa shape index (κ3) is 6.83. The molecule has 0 aliphatic heterocycles. The number of nitriles is 1. The molecule has 0 unspecified atom stereocenters. The van der Waals surface area contributed by atoms with Crippen LogP contribution in [0.4, 0.5) is 10.7 Å². The second kappa shape index (κ2) is 13.2. The first-order valence-electron chi connectivity index (χ1n) is 12.0. The zero-order chi connectivity index (χ0) is 27.7. The summed E-state index contributed by atoms with van der Waals surface area (Å²) >= 11 is 1.15. The maximum atomic E-state index is 13.1. The van der Waals surface area contributed by atoms with Gasteiger partial charge in [0.15, 0.2) is 0 Å². The summed E-state index contributed by atoms with van der Waals surface area (Å²) in [6, 6.07) is 14.7. The average Bonchev–Trinajstić information content (AvgIpc) is 3.23. The molecule has 196 valence electrons. The van der Waals surface area contributed by atoms with E-state index in [-0.39, 0.29) is 28.4 Å². The number of thiophene rings is 1. The Morgan fingerprint density at radius 1 is 1.13 bits per heavy atom. The maximum Gasteiger partial charge on any atom is 0.341 e. The van der Waals surface area contributed by atoms with Crippen molar-refractivity contribution in [1.82, 2.24) is 0 Å². The van der Waals surface area contributed by atoms with Gasteiger partial charge in [0.25, 0.3) is 11.6 Å². The summed E-state index contributed by atoms with van der Waals surface area (Å²) in [6.45, 7) is 6.24. The number of esters is 1. The van der Waals surface area contributed by atoms with E-state index < -0.39 is 16.8 Å². The van der Waals surface area contributed by atoms with Gasteiger partial charge in [-0.3, -0.25) is 14.9 Å². The van der Waals surface area contributed by atoms with Gasteiger partial charge in [-0.2, -0.15) is 5.26 Å². The van der Waals surface area contributed by atoms with Gasteiger partial charge in [-0.25, -0.2) is 4.79 Å². The number of carbonyl (C=O) groups excluding carboxylic acids is 2. The van der Waals surface area contributed by atoms with Crippen LogP contribution in [-0.4, -0.2) is 30.0 Å². The fourth-order valence-electron chi connectivity index (χ4n) is 3.61. The van der Waals surface area contributed by atoms with Gasteiger partial charge in [-0.15, -0.1) is 11.3 Å². The smallest absolute Gasteiger partial charge is 0.341 e. The maximum absolute atomic E-state index is 13.1. The lowest BCUT2D eigenvalue weighted by molar-refractivity contribution is -0.384. The second-order valence-electron chi connectivity index (χ2n) is 8.16.